The average Bonchev–Trinajstić information content (AvgIpc) is 3.07. The Morgan fingerprint density at radius 3 is 2.59 bits per heavy atom. The van der Waals surface area contributed by atoms with Gasteiger partial charge in [0.15, 0.2) is 0 Å². The number of aromatic nitrogens is 1. The van der Waals surface area contributed by atoms with Crippen LogP contribution in [0, 0.1) is 0 Å². The zero-order valence-corrected chi connectivity index (χ0v) is 18.8. The van der Waals surface area contributed by atoms with Crippen molar-refractivity contribution in [2.24, 2.45) is 0 Å². The van der Waals surface area contributed by atoms with Crippen molar-refractivity contribution in [2.75, 3.05) is 21.9 Å². The molecule has 1 saturated heterocycles. The first-order valence-corrected chi connectivity index (χ1v) is 11.9. The van der Waals surface area contributed by atoms with Crippen LogP contribution in [0.4, 0.5) is 11.4 Å². The van der Waals surface area contributed by atoms with E-state index in [0.717, 1.165) is 0 Å². The Bertz CT molecular complexity index is 1360. The van der Waals surface area contributed by atoms with E-state index in [4.69, 9.17) is 27.9 Å². The van der Waals surface area contributed by atoms with Crippen LogP contribution >= 0.6 is 23.2 Å². The van der Waals surface area contributed by atoms with Crippen molar-refractivity contribution in [3.63, 3.8) is 0 Å². The van der Waals surface area contributed by atoms with E-state index in [2.05, 4.69) is 10.3 Å². The number of anilines is 2. The number of amides is 1. The molecule has 1 aliphatic rings. The van der Waals surface area contributed by atoms with E-state index in [9.17, 15) is 18.0 Å². The molecule has 0 bridgehead atoms. The van der Waals surface area contributed by atoms with Crippen LogP contribution in [-0.2, 0) is 10.0 Å². The molecule has 0 radical (unpaired) electrons. The van der Waals surface area contributed by atoms with Gasteiger partial charge in [0.25, 0.3) is 11.5 Å². The van der Waals surface area contributed by atoms with Gasteiger partial charge in [0, 0.05) is 35.6 Å². The fraction of sp³-hybridized carbons (Fsp3) is 0.143. The van der Waals surface area contributed by atoms with Crippen LogP contribution in [0.3, 0.4) is 0 Å². The molecule has 2 N–H and O–H groups in total. The lowest BCUT2D eigenvalue weighted by atomic mass is 10.1. The number of carbonyl (C=O) groups is 1. The van der Waals surface area contributed by atoms with E-state index < -0.39 is 15.9 Å². The van der Waals surface area contributed by atoms with E-state index in [1.54, 1.807) is 12.1 Å². The number of H-pyrrole nitrogens is 1. The topological polar surface area (TPSA) is 109 Å². The molecule has 0 unspecified atom stereocenters. The van der Waals surface area contributed by atoms with Crippen molar-refractivity contribution in [1.82, 2.24) is 4.98 Å². The van der Waals surface area contributed by atoms with Crippen LogP contribution < -0.4 is 19.9 Å². The minimum Gasteiger partial charge on any atom is -0.457 e. The number of rotatable bonds is 5. The SMILES string of the molecule is O=C(Nc1cc(Cl)cc(Oc2cc[nH]c(=O)c2)c1)c1cc(N2CCCS2(=O)=O)ccc1Cl. The Hall–Kier alpha value is -3.01. The maximum Gasteiger partial charge on any atom is 0.257 e. The molecule has 0 aliphatic carbocycles. The summed E-state index contributed by atoms with van der Waals surface area (Å²) in [6.45, 7) is 0.350. The third-order valence-electron chi connectivity index (χ3n) is 4.69. The molecule has 3 aromatic rings. The van der Waals surface area contributed by atoms with Crippen LogP contribution in [0.1, 0.15) is 16.8 Å². The lowest BCUT2D eigenvalue weighted by molar-refractivity contribution is 0.102. The van der Waals surface area contributed by atoms with Gasteiger partial charge in [-0.3, -0.25) is 13.9 Å². The van der Waals surface area contributed by atoms with Crippen LogP contribution in [0.25, 0.3) is 0 Å². The molecule has 1 aromatic heterocycles. The normalized spacial score (nSPS) is 14.9. The number of sulfonamides is 1. The first-order chi connectivity index (χ1) is 15.2. The van der Waals surface area contributed by atoms with E-state index >= 15 is 0 Å². The number of pyridine rings is 1. The minimum absolute atomic E-state index is 0.0652. The second-order valence-electron chi connectivity index (χ2n) is 7.03. The lowest BCUT2D eigenvalue weighted by Gasteiger charge is -2.18. The number of nitrogens with one attached hydrogen (secondary N) is 2. The fourth-order valence-electron chi connectivity index (χ4n) is 3.29. The maximum atomic E-state index is 12.9. The highest BCUT2D eigenvalue weighted by atomic mass is 35.5. The smallest absolute Gasteiger partial charge is 0.257 e. The van der Waals surface area contributed by atoms with E-state index in [-0.39, 0.29) is 21.9 Å². The Kier molecular flexibility index (Phi) is 6.14. The number of aromatic amines is 1. The molecule has 32 heavy (non-hydrogen) atoms. The van der Waals surface area contributed by atoms with Gasteiger partial charge in [-0.25, -0.2) is 8.42 Å². The van der Waals surface area contributed by atoms with Gasteiger partial charge >= 0.3 is 0 Å². The number of benzene rings is 2. The first-order valence-electron chi connectivity index (χ1n) is 9.50. The summed E-state index contributed by atoms with van der Waals surface area (Å²) in [7, 11) is -3.40. The molecule has 0 spiro atoms. The summed E-state index contributed by atoms with van der Waals surface area (Å²) in [6.07, 6.45) is 1.96. The standard InChI is InChI=1S/C21H17Cl2N3O5S/c22-13-8-14(10-17(9-13)31-16-4-5-24-20(27)12-16)25-21(28)18-11-15(2-3-19(18)23)26-6-1-7-32(26,29)30/h2-5,8-12H,1,6-7H2,(H,24,27)(H,25,28). The van der Waals surface area contributed by atoms with Crippen molar-refractivity contribution < 1.29 is 17.9 Å². The summed E-state index contributed by atoms with van der Waals surface area (Å²) in [5, 5.41) is 3.16. The number of hydrogen-bond donors (Lipinski definition) is 2. The first kappa shape index (κ1) is 22.2. The summed E-state index contributed by atoms with van der Waals surface area (Å²) >= 11 is 12.4. The summed E-state index contributed by atoms with van der Waals surface area (Å²) in [5.74, 6) is 0.130. The van der Waals surface area contributed by atoms with Crippen LogP contribution in [0.2, 0.25) is 10.0 Å². The summed E-state index contributed by atoms with van der Waals surface area (Å²) in [6, 6.07) is 11.9. The molecule has 2 aromatic carbocycles. The maximum absolute atomic E-state index is 12.9. The predicted octanol–water partition coefficient (Wildman–Crippen LogP) is 4.27. The van der Waals surface area contributed by atoms with Crippen molar-refractivity contribution >= 4 is 50.5 Å². The van der Waals surface area contributed by atoms with Crippen LogP contribution in [0.5, 0.6) is 11.5 Å². The van der Waals surface area contributed by atoms with Crippen molar-refractivity contribution in [3.8, 4) is 11.5 Å². The third kappa shape index (κ3) is 4.90. The van der Waals surface area contributed by atoms with Gasteiger partial charge in [0.2, 0.25) is 10.0 Å². The summed E-state index contributed by atoms with van der Waals surface area (Å²) < 4.78 is 31.3. The van der Waals surface area contributed by atoms with Crippen LogP contribution in [-0.4, -0.2) is 31.6 Å². The molecular weight excluding hydrogens is 477 g/mol. The second-order valence-corrected chi connectivity index (χ2v) is 9.88. The Labute approximate surface area is 193 Å². The summed E-state index contributed by atoms with van der Waals surface area (Å²) in [5.41, 5.74) is 0.495. The van der Waals surface area contributed by atoms with Gasteiger partial charge in [-0.1, -0.05) is 23.2 Å². The monoisotopic (exact) mass is 493 g/mol. The van der Waals surface area contributed by atoms with E-state index in [0.29, 0.717) is 40.9 Å². The second kappa shape index (κ2) is 8.85. The van der Waals surface area contributed by atoms with Gasteiger partial charge in [-0.05, 0) is 42.8 Å². The fourth-order valence-corrected chi connectivity index (χ4v) is 5.27. The molecule has 0 atom stereocenters. The molecule has 11 heteroatoms. The van der Waals surface area contributed by atoms with Gasteiger partial charge in [0.1, 0.15) is 11.5 Å². The van der Waals surface area contributed by atoms with Gasteiger partial charge in [-0.15, -0.1) is 0 Å². The van der Waals surface area contributed by atoms with Gasteiger partial charge < -0.3 is 15.0 Å². The van der Waals surface area contributed by atoms with E-state index in [1.807, 2.05) is 0 Å². The molecule has 4 rings (SSSR count). The molecule has 2 heterocycles. The molecule has 1 aliphatic heterocycles. The Morgan fingerprint density at radius 2 is 1.88 bits per heavy atom. The molecule has 166 valence electrons. The number of ether oxygens (including phenoxy) is 1. The molecular formula is C21H17Cl2N3O5S. The zero-order valence-electron chi connectivity index (χ0n) is 16.5. The highest BCUT2D eigenvalue weighted by Gasteiger charge is 2.29. The number of halogens is 2. The minimum atomic E-state index is -3.40. The van der Waals surface area contributed by atoms with Gasteiger partial charge in [-0.2, -0.15) is 0 Å². The molecule has 0 saturated carbocycles. The number of carbonyl (C=O) groups excluding carboxylic acids is 1. The van der Waals surface area contributed by atoms with Crippen molar-refractivity contribution in [1.29, 1.82) is 0 Å². The quantitative estimate of drug-likeness (QED) is 0.551. The third-order valence-corrected chi connectivity index (χ3v) is 7.11. The van der Waals surface area contributed by atoms with Crippen LogP contribution in [0.15, 0.2) is 59.5 Å². The molecule has 8 nitrogen and oxygen atoms in total. The zero-order chi connectivity index (χ0) is 22.9. The summed E-state index contributed by atoms with van der Waals surface area (Å²) in [4.78, 5) is 26.8. The van der Waals surface area contributed by atoms with Crippen molar-refractivity contribution in [3.05, 3.63) is 80.7 Å². The van der Waals surface area contributed by atoms with Crippen molar-refractivity contribution in [2.45, 2.75) is 6.42 Å². The van der Waals surface area contributed by atoms with E-state index in [1.165, 1.54) is 46.9 Å². The van der Waals surface area contributed by atoms with Gasteiger partial charge in [0.05, 0.1) is 22.0 Å². The predicted molar refractivity (Wildman–Crippen MR) is 124 cm³/mol. The molecule has 1 amide bonds. The lowest BCUT2D eigenvalue weighted by Crippen LogP contribution is -2.25. The number of hydrogen-bond acceptors (Lipinski definition) is 5. The Balaban J connectivity index is 1.58. The highest BCUT2D eigenvalue weighted by Crippen LogP contribution is 2.31. The Morgan fingerprint density at radius 1 is 1.06 bits per heavy atom. The molecule has 1 fully saturated rings. The largest absolute Gasteiger partial charge is 0.457 e. The average molecular weight is 494 g/mol. The number of nitrogens with zero attached hydrogens (tertiary/aromatic N) is 1. The highest BCUT2D eigenvalue weighted by molar-refractivity contribution is 7.93.